The van der Waals surface area contributed by atoms with Crippen molar-refractivity contribution in [1.29, 1.82) is 0 Å². The van der Waals surface area contributed by atoms with Crippen molar-refractivity contribution in [2.45, 2.75) is 31.7 Å². The number of rotatable bonds is 2. The Kier molecular flexibility index (Phi) is 1.98. The summed E-state index contributed by atoms with van der Waals surface area (Å²) in [6.45, 7) is 0.788. The number of hydrogen-bond donors (Lipinski definition) is 1. The van der Waals surface area contributed by atoms with Crippen molar-refractivity contribution in [3.05, 3.63) is 0 Å². The Hall–Kier alpha value is -1.06. The number of fused-ring (bicyclic) bond motifs is 2. The first-order valence-electron chi connectivity index (χ1n) is 4.68. The fourth-order valence-corrected chi connectivity index (χ4v) is 2.46. The summed E-state index contributed by atoms with van der Waals surface area (Å²) in [5.74, 6) is -0.588. The number of carbonyl (C=O) groups excluding carboxylic acids is 1. The number of likely N-dealkylation sites (tertiary alicyclic amines) is 1. The van der Waals surface area contributed by atoms with Crippen LogP contribution in [0.1, 0.15) is 25.7 Å². The molecule has 2 rings (SSSR count). The van der Waals surface area contributed by atoms with E-state index in [0.717, 1.165) is 19.4 Å². The zero-order chi connectivity index (χ0) is 9.42. The van der Waals surface area contributed by atoms with E-state index in [1.807, 2.05) is 0 Å². The predicted molar refractivity (Wildman–Crippen MR) is 45.1 cm³/mol. The first-order chi connectivity index (χ1) is 6.16. The number of carboxylic acid groups (broad SMARTS) is 1. The zero-order valence-corrected chi connectivity index (χ0v) is 7.40. The van der Waals surface area contributed by atoms with Gasteiger partial charge in [-0.15, -0.1) is 0 Å². The molecule has 1 saturated heterocycles. The highest BCUT2D eigenvalue weighted by molar-refractivity contribution is 5.93. The van der Waals surface area contributed by atoms with Crippen LogP contribution in [0.5, 0.6) is 0 Å². The molecule has 0 aromatic heterocycles. The van der Waals surface area contributed by atoms with E-state index >= 15 is 0 Å². The maximum absolute atomic E-state index is 11.4. The number of aliphatic carboxylic acids is 1. The van der Waals surface area contributed by atoms with Gasteiger partial charge in [-0.25, -0.2) is 0 Å². The molecule has 0 spiro atoms. The molecule has 2 atom stereocenters. The summed E-state index contributed by atoms with van der Waals surface area (Å²) in [5, 5.41) is 8.47. The minimum atomic E-state index is -1.02. The number of amides is 1. The molecule has 2 unspecified atom stereocenters. The molecule has 4 heteroatoms. The standard InChI is InChI=1S/C9H13NO3/c11-8(4-9(12)13)10-5-6-1-2-7(10)3-6/h6-7H,1-5H2,(H,12,13). The van der Waals surface area contributed by atoms with Gasteiger partial charge >= 0.3 is 5.97 Å². The molecule has 1 heterocycles. The average molecular weight is 183 g/mol. The molecule has 72 valence electrons. The lowest BCUT2D eigenvalue weighted by Gasteiger charge is -2.26. The van der Waals surface area contributed by atoms with E-state index in [1.165, 1.54) is 6.42 Å². The summed E-state index contributed by atoms with van der Waals surface area (Å²) >= 11 is 0. The van der Waals surface area contributed by atoms with Crippen LogP contribution in [-0.2, 0) is 9.59 Å². The lowest BCUT2D eigenvalue weighted by molar-refractivity contribution is -0.144. The zero-order valence-electron chi connectivity index (χ0n) is 7.40. The van der Waals surface area contributed by atoms with E-state index in [9.17, 15) is 9.59 Å². The van der Waals surface area contributed by atoms with Crippen LogP contribution in [0.25, 0.3) is 0 Å². The van der Waals surface area contributed by atoms with Gasteiger partial charge < -0.3 is 10.0 Å². The molecule has 1 aliphatic carbocycles. The minimum absolute atomic E-state index is 0.209. The summed E-state index contributed by atoms with van der Waals surface area (Å²) in [4.78, 5) is 23.5. The summed E-state index contributed by atoms with van der Waals surface area (Å²) in [5.41, 5.74) is 0. The van der Waals surface area contributed by atoms with E-state index in [0.29, 0.717) is 12.0 Å². The number of nitrogens with zero attached hydrogens (tertiary/aromatic N) is 1. The predicted octanol–water partition coefficient (Wildman–Crippen LogP) is 0.472. The monoisotopic (exact) mass is 183 g/mol. The Morgan fingerprint density at radius 1 is 1.38 bits per heavy atom. The maximum atomic E-state index is 11.4. The van der Waals surface area contributed by atoms with E-state index in [2.05, 4.69) is 0 Å². The van der Waals surface area contributed by atoms with Gasteiger partial charge in [-0.3, -0.25) is 9.59 Å². The third-order valence-electron chi connectivity index (χ3n) is 3.03. The van der Waals surface area contributed by atoms with Crippen LogP contribution < -0.4 is 0 Å². The van der Waals surface area contributed by atoms with Crippen LogP contribution in [0, 0.1) is 5.92 Å². The molecule has 1 amide bonds. The summed E-state index contributed by atoms with van der Waals surface area (Å²) in [6.07, 6.45) is 3.02. The van der Waals surface area contributed by atoms with Crippen LogP contribution >= 0.6 is 0 Å². The van der Waals surface area contributed by atoms with Crippen LogP contribution in [0.3, 0.4) is 0 Å². The van der Waals surface area contributed by atoms with Crippen molar-refractivity contribution in [3.63, 3.8) is 0 Å². The Bertz CT molecular complexity index is 251. The highest BCUT2D eigenvalue weighted by Crippen LogP contribution is 2.37. The molecule has 4 nitrogen and oxygen atoms in total. The Morgan fingerprint density at radius 2 is 2.15 bits per heavy atom. The van der Waals surface area contributed by atoms with Gasteiger partial charge in [0.1, 0.15) is 6.42 Å². The number of piperidine rings is 1. The molecule has 2 bridgehead atoms. The molecule has 2 aliphatic rings. The van der Waals surface area contributed by atoms with Gasteiger partial charge in [0.15, 0.2) is 0 Å². The second-order valence-corrected chi connectivity index (χ2v) is 3.95. The SMILES string of the molecule is O=C(O)CC(=O)N1CC2CCC1C2. The molecule has 0 aromatic rings. The largest absolute Gasteiger partial charge is 0.481 e. The highest BCUT2D eigenvalue weighted by atomic mass is 16.4. The first kappa shape index (κ1) is 8.53. The smallest absolute Gasteiger partial charge is 0.312 e. The van der Waals surface area contributed by atoms with E-state index in [-0.39, 0.29) is 12.3 Å². The summed E-state index contributed by atoms with van der Waals surface area (Å²) in [6, 6.07) is 0.344. The van der Waals surface area contributed by atoms with Crippen molar-refractivity contribution >= 4 is 11.9 Å². The van der Waals surface area contributed by atoms with E-state index < -0.39 is 5.97 Å². The van der Waals surface area contributed by atoms with Crippen molar-refractivity contribution in [2.75, 3.05) is 6.54 Å². The Morgan fingerprint density at radius 3 is 2.62 bits per heavy atom. The van der Waals surface area contributed by atoms with Crippen molar-refractivity contribution in [1.82, 2.24) is 4.90 Å². The molecule has 13 heavy (non-hydrogen) atoms. The van der Waals surface area contributed by atoms with Gasteiger partial charge in [0.05, 0.1) is 0 Å². The van der Waals surface area contributed by atoms with E-state index in [1.54, 1.807) is 4.90 Å². The lowest BCUT2D eigenvalue weighted by Crippen LogP contribution is -2.38. The molecular weight excluding hydrogens is 170 g/mol. The van der Waals surface area contributed by atoms with Crippen molar-refractivity contribution < 1.29 is 14.7 Å². The normalized spacial score (nSPS) is 30.9. The molecular formula is C9H13NO3. The van der Waals surface area contributed by atoms with Crippen molar-refractivity contribution in [3.8, 4) is 0 Å². The number of hydrogen-bond acceptors (Lipinski definition) is 2. The maximum Gasteiger partial charge on any atom is 0.312 e. The fraction of sp³-hybridized carbons (Fsp3) is 0.778. The number of carbonyl (C=O) groups is 2. The second kappa shape index (κ2) is 3.01. The molecule has 0 aromatic carbocycles. The molecule has 1 N–H and O–H groups in total. The fourth-order valence-electron chi connectivity index (χ4n) is 2.46. The third kappa shape index (κ3) is 1.53. The van der Waals surface area contributed by atoms with E-state index in [4.69, 9.17) is 5.11 Å². The Balaban J connectivity index is 1.95. The first-order valence-corrected chi connectivity index (χ1v) is 4.68. The third-order valence-corrected chi connectivity index (χ3v) is 3.03. The van der Waals surface area contributed by atoms with Crippen LogP contribution in [0.4, 0.5) is 0 Å². The molecule has 0 radical (unpaired) electrons. The van der Waals surface area contributed by atoms with Gasteiger partial charge in [0, 0.05) is 12.6 Å². The van der Waals surface area contributed by atoms with Gasteiger partial charge in [-0.2, -0.15) is 0 Å². The number of carboxylic acids is 1. The Labute approximate surface area is 76.5 Å². The quantitative estimate of drug-likeness (QED) is 0.633. The molecule has 2 fully saturated rings. The lowest BCUT2D eigenvalue weighted by atomic mass is 10.1. The van der Waals surface area contributed by atoms with Gasteiger partial charge in [0.2, 0.25) is 5.91 Å². The topological polar surface area (TPSA) is 57.6 Å². The average Bonchev–Trinajstić information content (AvgIpc) is 2.62. The minimum Gasteiger partial charge on any atom is -0.481 e. The van der Waals surface area contributed by atoms with Crippen LogP contribution in [0.2, 0.25) is 0 Å². The van der Waals surface area contributed by atoms with Gasteiger partial charge in [-0.05, 0) is 25.2 Å². The molecule has 1 saturated carbocycles. The van der Waals surface area contributed by atoms with Crippen molar-refractivity contribution in [2.24, 2.45) is 5.92 Å². The van der Waals surface area contributed by atoms with Crippen LogP contribution in [0.15, 0.2) is 0 Å². The molecule has 1 aliphatic heterocycles. The summed E-state index contributed by atoms with van der Waals surface area (Å²) < 4.78 is 0. The van der Waals surface area contributed by atoms with Crippen LogP contribution in [-0.4, -0.2) is 34.5 Å². The second-order valence-electron chi connectivity index (χ2n) is 3.95. The highest BCUT2D eigenvalue weighted by Gasteiger charge is 2.40. The summed E-state index contributed by atoms with van der Waals surface area (Å²) in [7, 11) is 0. The van der Waals surface area contributed by atoms with Gasteiger partial charge in [-0.1, -0.05) is 0 Å². The van der Waals surface area contributed by atoms with Gasteiger partial charge in [0.25, 0.3) is 0 Å².